The summed E-state index contributed by atoms with van der Waals surface area (Å²) in [4.78, 5) is 0. The highest BCUT2D eigenvalue weighted by Gasteiger charge is 2.84. The Morgan fingerprint density at radius 3 is 1.24 bits per heavy atom. The van der Waals surface area contributed by atoms with Crippen molar-refractivity contribution >= 4 is 20.4 Å². The molecule has 0 aromatic heterocycles. The predicted molar refractivity (Wildman–Crippen MR) is 43.2 cm³/mol. The number of halogens is 10. The third-order valence-electron chi connectivity index (χ3n) is 1.63. The van der Waals surface area contributed by atoms with Crippen LogP contribution in [0.5, 0.6) is 0 Å². The van der Waals surface area contributed by atoms with Crippen LogP contribution in [-0.4, -0.2) is 40.1 Å². The van der Waals surface area contributed by atoms with Crippen LogP contribution >= 0.6 is 0 Å². The van der Waals surface area contributed by atoms with E-state index in [0.29, 0.717) is 4.13 Å². The van der Waals surface area contributed by atoms with Crippen molar-refractivity contribution in [1.82, 2.24) is 0 Å². The zero-order valence-electron chi connectivity index (χ0n) is 8.68. The Kier molecular flexibility index (Phi) is 4.64. The van der Waals surface area contributed by atoms with Crippen LogP contribution < -0.4 is 0 Å². The molecule has 0 N–H and O–H groups in total. The van der Waals surface area contributed by atoms with Gasteiger partial charge in [-0.3, -0.25) is 0 Å². The second kappa shape index (κ2) is 4.83. The molecule has 0 amide bonds. The van der Waals surface area contributed by atoms with Crippen molar-refractivity contribution in [3.8, 4) is 0 Å². The highest BCUT2D eigenvalue weighted by atomic mass is 32.3. The fourth-order valence-corrected chi connectivity index (χ4v) is 2.45. The molecule has 0 aliphatic carbocycles. The average Bonchev–Trinajstić information content (AvgIpc) is 2.10. The predicted octanol–water partition coefficient (Wildman–Crippen LogP) is 2.33. The maximum Gasteiger partial charge on any atom is 0.460 e. The summed E-state index contributed by atoms with van der Waals surface area (Å²) >= 11 is 0. The molecule has 0 bridgehead atoms. The first-order valence-electron chi connectivity index (χ1n) is 3.84. The lowest BCUT2D eigenvalue weighted by atomic mass is 10.1. The lowest BCUT2D eigenvalue weighted by Gasteiger charge is -2.35. The minimum Gasteiger partial charge on any atom is -0.402 e. The SMILES string of the molecule is O=S(=O)(F)[N-]S(=O)(=O)C(F)(F)C(F)(F)C(F)(F)C(F)(F)F. The molecule has 21 heavy (non-hydrogen) atoms. The topological polar surface area (TPSA) is 82.4 Å². The Bertz CT molecular complexity index is 603. The van der Waals surface area contributed by atoms with Gasteiger partial charge in [0.1, 0.15) is 0 Å². The van der Waals surface area contributed by atoms with Gasteiger partial charge in [0.15, 0.2) is 10.0 Å². The van der Waals surface area contributed by atoms with E-state index in [1.165, 1.54) is 0 Å². The molecule has 5 nitrogen and oxygen atoms in total. The van der Waals surface area contributed by atoms with Gasteiger partial charge in [-0.1, -0.05) is 0 Å². The van der Waals surface area contributed by atoms with Crippen LogP contribution in [0.2, 0.25) is 0 Å². The monoisotopic (exact) mass is 380 g/mol. The summed E-state index contributed by atoms with van der Waals surface area (Å²) in [7, 11) is -14.4. The normalized spacial score (nSPS) is 16.1. The van der Waals surface area contributed by atoms with E-state index in [-0.39, 0.29) is 0 Å². The lowest BCUT2D eigenvalue weighted by Crippen LogP contribution is -2.63. The Labute approximate surface area is 109 Å². The molecule has 0 heterocycles. The smallest absolute Gasteiger partial charge is 0.402 e. The van der Waals surface area contributed by atoms with Gasteiger partial charge in [0.25, 0.3) is 0 Å². The molecule has 0 aliphatic heterocycles. The second-order valence-electron chi connectivity index (χ2n) is 3.13. The van der Waals surface area contributed by atoms with Crippen molar-refractivity contribution in [2.75, 3.05) is 0 Å². The zero-order valence-corrected chi connectivity index (χ0v) is 10.3. The van der Waals surface area contributed by atoms with E-state index in [1.807, 2.05) is 0 Å². The van der Waals surface area contributed by atoms with Crippen LogP contribution in [-0.2, 0) is 20.4 Å². The second-order valence-corrected chi connectivity index (χ2v) is 6.01. The third kappa shape index (κ3) is 3.33. The number of sulfonamides is 1. The fraction of sp³-hybridized carbons (Fsp3) is 1.00. The molecule has 0 rings (SSSR count). The van der Waals surface area contributed by atoms with E-state index in [1.54, 1.807) is 0 Å². The van der Waals surface area contributed by atoms with E-state index in [9.17, 15) is 60.2 Å². The molecule has 0 radical (unpaired) electrons. The first kappa shape index (κ1) is 20.2. The van der Waals surface area contributed by atoms with Gasteiger partial charge in [-0.15, -0.1) is 3.89 Å². The molecule has 0 unspecified atom stereocenters. The molecule has 17 heteroatoms. The van der Waals surface area contributed by atoms with E-state index in [2.05, 4.69) is 0 Å². The standard InChI is InChI=1S/C4F10NO4S2/c5-1(6,3(9,10)11)2(7,8)4(12,13)20(16,17)15-21(14,18)19/q-1. The fourth-order valence-electron chi connectivity index (χ4n) is 0.687. The Balaban J connectivity index is 6.14. The Morgan fingerprint density at radius 2 is 1.00 bits per heavy atom. The van der Waals surface area contributed by atoms with Crippen LogP contribution in [0, 0.1) is 0 Å². The van der Waals surface area contributed by atoms with E-state index in [0.717, 1.165) is 0 Å². The van der Waals surface area contributed by atoms with Gasteiger partial charge in [-0.25, -0.2) is 16.8 Å². The minimum atomic E-state index is -7.68. The first-order chi connectivity index (χ1) is 8.71. The highest BCUT2D eigenvalue weighted by Crippen LogP contribution is 2.55. The number of hydrogen-bond donors (Lipinski definition) is 0. The average molecular weight is 380 g/mol. The van der Waals surface area contributed by atoms with Gasteiger partial charge in [-0.05, 0) is 0 Å². The zero-order chi connectivity index (χ0) is 17.7. The quantitative estimate of drug-likeness (QED) is 0.542. The minimum absolute atomic E-state index is 0.522. The van der Waals surface area contributed by atoms with E-state index >= 15 is 0 Å². The molecule has 0 aliphatic rings. The highest BCUT2D eigenvalue weighted by molar-refractivity contribution is 8.10. The van der Waals surface area contributed by atoms with Crippen molar-refractivity contribution < 1.29 is 60.2 Å². The lowest BCUT2D eigenvalue weighted by molar-refractivity contribution is -0.382. The summed E-state index contributed by atoms with van der Waals surface area (Å²) in [6.07, 6.45) is -7.33. The van der Waals surface area contributed by atoms with Crippen LogP contribution in [0.1, 0.15) is 0 Å². The maximum atomic E-state index is 12.7. The molecule has 0 aromatic carbocycles. The number of hydrogen-bond acceptors (Lipinski definition) is 4. The summed E-state index contributed by atoms with van der Waals surface area (Å²) in [5.74, 6) is -15.3. The molecular formula is C4F10NO4S2-. The summed E-state index contributed by atoms with van der Waals surface area (Å²) in [5.41, 5.74) is 0. The van der Waals surface area contributed by atoms with Gasteiger partial charge in [0.05, 0.1) is 0 Å². The van der Waals surface area contributed by atoms with E-state index < -0.39 is 43.7 Å². The number of alkyl halides is 9. The maximum absolute atomic E-state index is 12.7. The van der Waals surface area contributed by atoms with Gasteiger partial charge < -0.3 is 4.13 Å². The third-order valence-corrected chi connectivity index (χ3v) is 4.03. The van der Waals surface area contributed by atoms with E-state index in [4.69, 9.17) is 0 Å². The summed E-state index contributed by atoms with van der Waals surface area (Å²) in [5, 5.41) is -7.38. The van der Waals surface area contributed by atoms with Crippen molar-refractivity contribution in [2.45, 2.75) is 23.3 Å². The molecule has 0 spiro atoms. The molecule has 0 atom stereocenters. The summed E-state index contributed by atoms with van der Waals surface area (Å²) in [6.45, 7) is 0. The molecule has 0 saturated heterocycles. The molecule has 0 fully saturated rings. The summed E-state index contributed by atoms with van der Waals surface area (Å²) in [6, 6.07) is 0. The molecule has 128 valence electrons. The van der Waals surface area contributed by atoms with Gasteiger partial charge in [0, 0.05) is 0 Å². The first-order valence-corrected chi connectivity index (χ1v) is 6.62. The Hall–Kier alpha value is -0.840. The number of rotatable bonds is 5. The largest absolute Gasteiger partial charge is 0.460 e. The van der Waals surface area contributed by atoms with Gasteiger partial charge >= 0.3 is 23.3 Å². The van der Waals surface area contributed by atoms with Crippen molar-refractivity contribution in [3.63, 3.8) is 0 Å². The van der Waals surface area contributed by atoms with Crippen LogP contribution in [0.25, 0.3) is 4.13 Å². The van der Waals surface area contributed by atoms with Crippen LogP contribution in [0.4, 0.5) is 43.4 Å². The molecule has 0 saturated carbocycles. The van der Waals surface area contributed by atoms with Gasteiger partial charge in [-0.2, -0.15) is 39.5 Å². The van der Waals surface area contributed by atoms with Gasteiger partial charge in [0.2, 0.25) is 10.4 Å². The van der Waals surface area contributed by atoms with Crippen molar-refractivity contribution in [3.05, 3.63) is 4.13 Å². The van der Waals surface area contributed by atoms with Crippen LogP contribution in [0.3, 0.4) is 0 Å². The van der Waals surface area contributed by atoms with Crippen molar-refractivity contribution in [1.29, 1.82) is 0 Å². The van der Waals surface area contributed by atoms with Crippen LogP contribution in [0.15, 0.2) is 0 Å². The number of nitrogens with zero attached hydrogens (tertiary/aromatic N) is 1. The molecular weight excluding hydrogens is 380 g/mol. The van der Waals surface area contributed by atoms with Crippen molar-refractivity contribution in [2.24, 2.45) is 0 Å². The molecule has 0 aromatic rings. The Morgan fingerprint density at radius 1 is 0.667 bits per heavy atom. The summed E-state index contributed by atoms with van der Waals surface area (Å²) < 4.78 is 162.